The molecule has 0 aromatic heterocycles. The summed E-state index contributed by atoms with van der Waals surface area (Å²) in [7, 11) is 0. The van der Waals surface area contributed by atoms with Gasteiger partial charge in [0.25, 0.3) is 0 Å². The summed E-state index contributed by atoms with van der Waals surface area (Å²) in [5.41, 5.74) is 5.52. The van der Waals surface area contributed by atoms with Crippen LogP contribution in [-0.4, -0.2) is 66.0 Å². The van der Waals surface area contributed by atoms with Crippen molar-refractivity contribution >= 4 is 23.1 Å². The van der Waals surface area contributed by atoms with E-state index < -0.39 is 0 Å². The Morgan fingerprint density at radius 3 is 2.22 bits per heavy atom. The van der Waals surface area contributed by atoms with Crippen LogP contribution >= 0.6 is 12.2 Å². The summed E-state index contributed by atoms with van der Waals surface area (Å²) < 4.78 is 0. The van der Waals surface area contributed by atoms with Crippen LogP contribution in [0.1, 0.15) is 20.3 Å². The number of piperazine rings is 1. The van der Waals surface area contributed by atoms with Gasteiger partial charge in [0, 0.05) is 38.8 Å². The number of carbonyl (C=O) groups is 1. The van der Waals surface area contributed by atoms with Gasteiger partial charge in [0.05, 0.1) is 11.5 Å². The third-order valence-electron chi connectivity index (χ3n) is 3.23. The SMILES string of the molecule is CCC(C)NC(=O)CN1CCN(CC(N)=S)CC1. The number of carbonyl (C=O) groups excluding carboxylic acids is 1. The lowest BCUT2D eigenvalue weighted by Crippen LogP contribution is -2.51. The largest absolute Gasteiger partial charge is 0.392 e. The third-order valence-corrected chi connectivity index (χ3v) is 3.36. The monoisotopic (exact) mass is 272 g/mol. The van der Waals surface area contributed by atoms with E-state index in [2.05, 4.69) is 22.0 Å². The summed E-state index contributed by atoms with van der Waals surface area (Å²) in [6.07, 6.45) is 0.966. The van der Waals surface area contributed by atoms with E-state index in [1.165, 1.54) is 0 Å². The predicted molar refractivity (Wildman–Crippen MR) is 77.6 cm³/mol. The fourth-order valence-electron chi connectivity index (χ4n) is 1.95. The van der Waals surface area contributed by atoms with Gasteiger partial charge in [0.15, 0.2) is 0 Å². The molecule has 0 radical (unpaired) electrons. The molecule has 0 aromatic rings. The molecule has 1 aliphatic heterocycles. The molecule has 104 valence electrons. The molecule has 1 amide bonds. The topological polar surface area (TPSA) is 61.6 Å². The minimum absolute atomic E-state index is 0.118. The standard InChI is InChI=1S/C12H24N4OS/c1-3-10(2)14-12(17)9-16-6-4-15(5-7-16)8-11(13)18/h10H,3-9H2,1-2H3,(H2,13,18)(H,14,17). The molecule has 1 atom stereocenters. The number of rotatable bonds is 6. The molecule has 0 bridgehead atoms. The average molecular weight is 272 g/mol. The number of nitrogens with zero attached hydrogens (tertiary/aromatic N) is 2. The highest BCUT2D eigenvalue weighted by Gasteiger charge is 2.19. The van der Waals surface area contributed by atoms with Crippen molar-refractivity contribution in [2.75, 3.05) is 39.3 Å². The second-order valence-corrected chi connectivity index (χ2v) is 5.42. The van der Waals surface area contributed by atoms with Crippen LogP contribution in [0.4, 0.5) is 0 Å². The molecular weight excluding hydrogens is 248 g/mol. The molecule has 18 heavy (non-hydrogen) atoms. The number of nitrogens with two attached hydrogens (primary N) is 1. The fraction of sp³-hybridized carbons (Fsp3) is 0.833. The summed E-state index contributed by atoms with van der Waals surface area (Å²) in [6, 6.07) is 0.258. The Morgan fingerprint density at radius 2 is 1.78 bits per heavy atom. The first-order chi connectivity index (χ1) is 8.51. The molecule has 0 saturated carbocycles. The van der Waals surface area contributed by atoms with Crippen LogP contribution in [-0.2, 0) is 4.79 Å². The summed E-state index contributed by atoms with van der Waals surface area (Å²) in [6.45, 7) is 8.92. The van der Waals surface area contributed by atoms with E-state index in [0.29, 0.717) is 18.1 Å². The zero-order chi connectivity index (χ0) is 13.5. The molecule has 6 heteroatoms. The molecule has 0 aromatic carbocycles. The molecule has 5 nitrogen and oxygen atoms in total. The van der Waals surface area contributed by atoms with Crippen molar-refractivity contribution in [1.82, 2.24) is 15.1 Å². The second kappa shape index (κ2) is 7.66. The number of amides is 1. The molecule has 0 spiro atoms. The summed E-state index contributed by atoms with van der Waals surface area (Å²) in [4.78, 5) is 16.7. The van der Waals surface area contributed by atoms with Crippen LogP contribution < -0.4 is 11.1 Å². The van der Waals surface area contributed by atoms with Gasteiger partial charge in [-0.1, -0.05) is 19.1 Å². The maximum Gasteiger partial charge on any atom is 0.234 e. The lowest BCUT2D eigenvalue weighted by atomic mass is 10.2. The number of hydrogen-bond acceptors (Lipinski definition) is 4. The summed E-state index contributed by atoms with van der Waals surface area (Å²) in [5.74, 6) is 0.118. The number of thiocarbonyl (C=S) groups is 1. The highest BCUT2D eigenvalue weighted by molar-refractivity contribution is 7.80. The third kappa shape index (κ3) is 5.75. The van der Waals surface area contributed by atoms with Crippen molar-refractivity contribution in [3.05, 3.63) is 0 Å². The van der Waals surface area contributed by atoms with Gasteiger partial charge in [-0.05, 0) is 13.3 Å². The Labute approximate surface area is 115 Å². The van der Waals surface area contributed by atoms with Gasteiger partial charge >= 0.3 is 0 Å². The number of hydrogen-bond donors (Lipinski definition) is 2. The van der Waals surface area contributed by atoms with Crippen molar-refractivity contribution in [3.63, 3.8) is 0 Å². The van der Waals surface area contributed by atoms with E-state index in [9.17, 15) is 4.79 Å². The minimum atomic E-state index is 0.118. The van der Waals surface area contributed by atoms with E-state index in [4.69, 9.17) is 18.0 Å². The molecule has 1 unspecified atom stereocenters. The smallest absolute Gasteiger partial charge is 0.234 e. The van der Waals surface area contributed by atoms with Crippen molar-refractivity contribution in [3.8, 4) is 0 Å². The Balaban J connectivity index is 2.22. The van der Waals surface area contributed by atoms with Gasteiger partial charge in [-0.2, -0.15) is 0 Å². The zero-order valence-electron chi connectivity index (χ0n) is 11.3. The van der Waals surface area contributed by atoms with Gasteiger partial charge in [-0.15, -0.1) is 0 Å². The Morgan fingerprint density at radius 1 is 1.28 bits per heavy atom. The molecule has 1 aliphatic rings. The first-order valence-electron chi connectivity index (χ1n) is 6.53. The average Bonchev–Trinajstić information content (AvgIpc) is 2.30. The van der Waals surface area contributed by atoms with Gasteiger partial charge in [-0.25, -0.2) is 0 Å². The van der Waals surface area contributed by atoms with Crippen LogP contribution in [0.5, 0.6) is 0 Å². The van der Waals surface area contributed by atoms with Gasteiger partial charge in [0.2, 0.25) is 5.91 Å². The van der Waals surface area contributed by atoms with E-state index in [0.717, 1.165) is 32.6 Å². The molecule has 0 aliphatic carbocycles. The molecule has 1 heterocycles. The highest BCUT2D eigenvalue weighted by atomic mass is 32.1. The first kappa shape index (κ1) is 15.3. The molecule has 3 N–H and O–H groups in total. The highest BCUT2D eigenvalue weighted by Crippen LogP contribution is 2.01. The van der Waals surface area contributed by atoms with E-state index in [1.807, 2.05) is 6.92 Å². The van der Waals surface area contributed by atoms with Gasteiger partial charge in [0.1, 0.15) is 0 Å². The summed E-state index contributed by atoms with van der Waals surface area (Å²) in [5, 5.41) is 2.99. The normalized spacial score (nSPS) is 19.4. The van der Waals surface area contributed by atoms with E-state index in [-0.39, 0.29) is 11.9 Å². The minimum Gasteiger partial charge on any atom is -0.392 e. The van der Waals surface area contributed by atoms with E-state index in [1.54, 1.807) is 0 Å². The Bertz CT molecular complexity index is 290. The second-order valence-electron chi connectivity index (χ2n) is 4.90. The fourth-order valence-corrected chi connectivity index (χ4v) is 2.13. The van der Waals surface area contributed by atoms with Crippen LogP contribution in [0.25, 0.3) is 0 Å². The lowest BCUT2D eigenvalue weighted by Gasteiger charge is -2.34. The van der Waals surface area contributed by atoms with Crippen LogP contribution in [0, 0.1) is 0 Å². The van der Waals surface area contributed by atoms with Gasteiger partial charge in [-0.3, -0.25) is 14.6 Å². The van der Waals surface area contributed by atoms with Crippen molar-refractivity contribution in [2.24, 2.45) is 5.73 Å². The lowest BCUT2D eigenvalue weighted by molar-refractivity contribution is -0.123. The maximum absolute atomic E-state index is 11.7. The molecule has 1 rings (SSSR count). The molecular formula is C12H24N4OS. The van der Waals surface area contributed by atoms with Crippen molar-refractivity contribution in [1.29, 1.82) is 0 Å². The number of nitrogens with one attached hydrogen (secondary N) is 1. The van der Waals surface area contributed by atoms with Gasteiger partial charge < -0.3 is 11.1 Å². The van der Waals surface area contributed by atoms with Crippen molar-refractivity contribution < 1.29 is 4.79 Å². The Kier molecular flexibility index (Phi) is 6.52. The quantitative estimate of drug-likeness (QED) is 0.656. The molecule has 1 saturated heterocycles. The zero-order valence-corrected chi connectivity index (χ0v) is 12.1. The summed E-state index contributed by atoms with van der Waals surface area (Å²) >= 11 is 4.89. The first-order valence-corrected chi connectivity index (χ1v) is 6.94. The predicted octanol–water partition coefficient (Wildman–Crippen LogP) is -0.195. The Hall–Kier alpha value is -0.720. The van der Waals surface area contributed by atoms with Crippen LogP contribution in [0.2, 0.25) is 0 Å². The van der Waals surface area contributed by atoms with Crippen molar-refractivity contribution in [2.45, 2.75) is 26.3 Å². The van der Waals surface area contributed by atoms with Crippen LogP contribution in [0.3, 0.4) is 0 Å². The van der Waals surface area contributed by atoms with E-state index >= 15 is 0 Å². The van der Waals surface area contributed by atoms with Crippen LogP contribution in [0.15, 0.2) is 0 Å². The molecule has 1 fully saturated rings. The maximum atomic E-state index is 11.7.